The van der Waals surface area contributed by atoms with Crippen LogP contribution in [0.3, 0.4) is 0 Å². The van der Waals surface area contributed by atoms with E-state index >= 15 is 0 Å². The monoisotopic (exact) mass is 435 g/mol. The minimum atomic E-state index is -0.0297. The Morgan fingerprint density at radius 2 is 2.03 bits per heavy atom. The number of aryl methyl sites for hydroxylation is 1. The van der Waals surface area contributed by atoms with Gasteiger partial charge in [0, 0.05) is 23.5 Å². The molecule has 0 bridgehead atoms. The van der Waals surface area contributed by atoms with Crippen molar-refractivity contribution in [1.82, 2.24) is 15.2 Å². The predicted molar refractivity (Wildman–Crippen MR) is 125 cm³/mol. The molecular formula is C25H29N3O2S. The Kier molecular flexibility index (Phi) is 5.67. The summed E-state index contributed by atoms with van der Waals surface area (Å²) in [6.45, 7) is 8.34. The fourth-order valence-corrected chi connectivity index (χ4v) is 6.00. The molecule has 1 saturated heterocycles. The van der Waals surface area contributed by atoms with Crippen LogP contribution in [0.15, 0.2) is 36.4 Å². The van der Waals surface area contributed by atoms with Gasteiger partial charge in [0.05, 0.1) is 27.9 Å². The molecule has 1 amide bonds. The van der Waals surface area contributed by atoms with Gasteiger partial charge in [0.2, 0.25) is 0 Å². The van der Waals surface area contributed by atoms with Crippen LogP contribution < -0.4 is 10.1 Å². The van der Waals surface area contributed by atoms with Crippen LogP contribution in [0.4, 0.5) is 0 Å². The lowest BCUT2D eigenvalue weighted by Gasteiger charge is -2.29. The average molecular weight is 436 g/mol. The summed E-state index contributed by atoms with van der Waals surface area (Å²) in [6.07, 6.45) is 3.12. The van der Waals surface area contributed by atoms with Crippen molar-refractivity contribution < 1.29 is 9.53 Å². The lowest BCUT2D eigenvalue weighted by Crippen LogP contribution is -2.32. The Morgan fingerprint density at radius 3 is 2.84 bits per heavy atom. The summed E-state index contributed by atoms with van der Waals surface area (Å²) in [6, 6.07) is 11.9. The Labute approximate surface area is 187 Å². The molecule has 162 valence electrons. The lowest BCUT2D eigenvalue weighted by atomic mass is 9.97. The molecule has 3 heterocycles. The summed E-state index contributed by atoms with van der Waals surface area (Å²) >= 11 is 1.76. The number of carbonyl (C=O) groups is 1. The Morgan fingerprint density at radius 1 is 1.23 bits per heavy atom. The number of para-hydroxylation sites is 1. The highest BCUT2D eigenvalue weighted by Gasteiger charge is 2.25. The summed E-state index contributed by atoms with van der Waals surface area (Å²) in [5.41, 5.74) is 3.89. The van der Waals surface area contributed by atoms with Crippen LogP contribution in [0.2, 0.25) is 0 Å². The van der Waals surface area contributed by atoms with Crippen LogP contribution in [0.1, 0.15) is 64.6 Å². The number of thiazole rings is 1. The second-order valence-corrected chi connectivity index (χ2v) is 9.66. The van der Waals surface area contributed by atoms with Gasteiger partial charge in [-0.2, -0.15) is 0 Å². The van der Waals surface area contributed by atoms with Crippen molar-refractivity contribution in [3.05, 3.63) is 58.1 Å². The molecule has 1 N–H and O–H groups in total. The number of nitrogens with zero attached hydrogens (tertiary/aromatic N) is 2. The molecule has 0 saturated carbocycles. The third-order valence-electron chi connectivity index (χ3n) is 6.61. The van der Waals surface area contributed by atoms with Crippen molar-refractivity contribution >= 4 is 27.5 Å². The first-order valence-corrected chi connectivity index (χ1v) is 12.1. The Bertz CT molecular complexity index is 1100. The summed E-state index contributed by atoms with van der Waals surface area (Å²) in [4.78, 5) is 20.6. The first-order valence-electron chi connectivity index (χ1n) is 11.3. The molecule has 1 atom stereocenters. The molecule has 1 aromatic heterocycles. The van der Waals surface area contributed by atoms with E-state index in [2.05, 4.69) is 24.1 Å². The summed E-state index contributed by atoms with van der Waals surface area (Å²) in [5.74, 6) is 1.38. The minimum Gasteiger partial charge on any atom is -0.493 e. The fraction of sp³-hybridized carbons (Fsp3) is 0.440. The normalized spacial score (nSPS) is 19.7. The molecule has 0 aliphatic carbocycles. The largest absolute Gasteiger partial charge is 0.493 e. The van der Waals surface area contributed by atoms with Crippen LogP contribution in [0.25, 0.3) is 10.2 Å². The summed E-state index contributed by atoms with van der Waals surface area (Å²) < 4.78 is 6.85. The fourth-order valence-electron chi connectivity index (χ4n) is 4.75. The average Bonchev–Trinajstić information content (AvgIpc) is 3.24. The van der Waals surface area contributed by atoms with Gasteiger partial charge in [-0.25, -0.2) is 4.98 Å². The zero-order valence-corrected chi connectivity index (χ0v) is 19.0. The van der Waals surface area contributed by atoms with Gasteiger partial charge in [-0.15, -0.1) is 11.3 Å². The number of ether oxygens (including phenoxy) is 1. The van der Waals surface area contributed by atoms with Crippen LogP contribution in [0, 0.1) is 6.92 Å². The van der Waals surface area contributed by atoms with E-state index in [-0.39, 0.29) is 11.9 Å². The molecule has 31 heavy (non-hydrogen) atoms. The number of hydrogen-bond acceptors (Lipinski definition) is 5. The number of benzene rings is 2. The van der Waals surface area contributed by atoms with Crippen molar-refractivity contribution in [3.63, 3.8) is 0 Å². The Hall–Kier alpha value is -2.44. The molecule has 2 aliphatic rings. The quantitative estimate of drug-likeness (QED) is 0.623. The third-order valence-corrected chi connectivity index (χ3v) is 7.78. The molecule has 0 spiro atoms. The molecule has 1 fully saturated rings. The summed E-state index contributed by atoms with van der Waals surface area (Å²) in [7, 11) is 0. The van der Waals surface area contributed by atoms with Crippen LogP contribution >= 0.6 is 11.3 Å². The first kappa shape index (κ1) is 20.5. The van der Waals surface area contributed by atoms with E-state index in [1.807, 2.05) is 36.4 Å². The van der Waals surface area contributed by atoms with Crippen molar-refractivity contribution in [2.24, 2.45) is 0 Å². The molecule has 2 aromatic carbocycles. The second-order valence-electron chi connectivity index (χ2n) is 8.60. The predicted octanol–water partition coefficient (Wildman–Crippen LogP) is 5.06. The van der Waals surface area contributed by atoms with Crippen molar-refractivity contribution in [2.75, 3.05) is 26.2 Å². The zero-order chi connectivity index (χ0) is 21.4. The number of aromatic nitrogens is 1. The van der Waals surface area contributed by atoms with E-state index in [9.17, 15) is 4.79 Å². The molecule has 0 unspecified atom stereocenters. The Balaban J connectivity index is 1.37. The van der Waals surface area contributed by atoms with Crippen molar-refractivity contribution in [1.29, 1.82) is 0 Å². The topological polar surface area (TPSA) is 54.5 Å². The lowest BCUT2D eigenvalue weighted by molar-refractivity contribution is 0.0925. The van der Waals surface area contributed by atoms with Gasteiger partial charge < -0.3 is 15.0 Å². The minimum absolute atomic E-state index is 0.0192. The van der Waals surface area contributed by atoms with E-state index in [0.717, 1.165) is 53.1 Å². The third kappa shape index (κ3) is 4.06. The highest BCUT2D eigenvalue weighted by Crippen LogP contribution is 2.36. The number of fused-ring (bicyclic) bond motifs is 2. The van der Waals surface area contributed by atoms with E-state index in [0.29, 0.717) is 18.1 Å². The highest BCUT2D eigenvalue weighted by atomic mass is 32.1. The standard InChI is InChI=1S/C25H29N3O2S/c1-3-28-11-8-17(9-12-28)25-27-23-16(2)14-18(15-22(23)31-25)24(29)26-20-10-13-30-21-7-5-4-6-19(20)21/h4-7,14-15,17,20H,3,8-13H2,1-2H3,(H,26,29)/t20-/m0/s1. The molecule has 0 radical (unpaired) electrons. The molecule has 5 nitrogen and oxygen atoms in total. The molecular weight excluding hydrogens is 406 g/mol. The van der Waals surface area contributed by atoms with Gasteiger partial charge in [0.15, 0.2) is 0 Å². The number of likely N-dealkylation sites (tertiary alicyclic amines) is 1. The maximum absolute atomic E-state index is 13.1. The maximum Gasteiger partial charge on any atom is 0.251 e. The number of amides is 1. The number of rotatable bonds is 4. The van der Waals surface area contributed by atoms with Crippen molar-refractivity contribution in [3.8, 4) is 5.75 Å². The molecule has 5 rings (SSSR count). The number of nitrogens with one attached hydrogen (secondary N) is 1. The number of hydrogen-bond donors (Lipinski definition) is 1. The molecule has 3 aromatic rings. The van der Waals surface area contributed by atoms with E-state index < -0.39 is 0 Å². The first-order chi connectivity index (χ1) is 15.1. The highest BCUT2D eigenvalue weighted by molar-refractivity contribution is 7.18. The molecule has 6 heteroatoms. The van der Waals surface area contributed by atoms with E-state index in [1.165, 1.54) is 17.8 Å². The van der Waals surface area contributed by atoms with Crippen LogP contribution in [0.5, 0.6) is 5.75 Å². The maximum atomic E-state index is 13.1. The number of piperidine rings is 1. The van der Waals surface area contributed by atoms with Gasteiger partial charge in [-0.3, -0.25) is 4.79 Å². The van der Waals surface area contributed by atoms with Gasteiger partial charge >= 0.3 is 0 Å². The van der Waals surface area contributed by atoms with Gasteiger partial charge in [-0.05, 0) is 63.2 Å². The smallest absolute Gasteiger partial charge is 0.251 e. The van der Waals surface area contributed by atoms with Crippen LogP contribution in [-0.2, 0) is 0 Å². The SMILES string of the molecule is CCN1CCC(c2nc3c(C)cc(C(=O)N[C@H]4CCOc5ccccc54)cc3s2)CC1. The van der Waals surface area contributed by atoms with E-state index in [1.54, 1.807) is 11.3 Å². The van der Waals surface area contributed by atoms with E-state index in [4.69, 9.17) is 9.72 Å². The summed E-state index contributed by atoms with van der Waals surface area (Å²) in [5, 5.41) is 4.45. The number of carbonyl (C=O) groups excluding carboxylic acids is 1. The van der Waals surface area contributed by atoms with Gasteiger partial charge in [0.1, 0.15) is 5.75 Å². The van der Waals surface area contributed by atoms with Gasteiger partial charge in [-0.1, -0.05) is 25.1 Å². The van der Waals surface area contributed by atoms with Crippen LogP contribution in [-0.4, -0.2) is 42.0 Å². The van der Waals surface area contributed by atoms with Crippen molar-refractivity contribution in [2.45, 2.75) is 45.1 Å². The second kappa shape index (κ2) is 8.60. The van der Waals surface area contributed by atoms with Gasteiger partial charge in [0.25, 0.3) is 5.91 Å². The molecule has 2 aliphatic heterocycles. The zero-order valence-electron chi connectivity index (χ0n) is 18.2.